The van der Waals surface area contributed by atoms with Gasteiger partial charge in [0, 0.05) is 48.1 Å². The van der Waals surface area contributed by atoms with Crippen LogP contribution in [0.3, 0.4) is 0 Å². The lowest BCUT2D eigenvalue weighted by Gasteiger charge is -2.17. The normalized spacial score (nSPS) is 12.2. The van der Waals surface area contributed by atoms with Crippen molar-refractivity contribution in [2.75, 3.05) is 32.1 Å². The zero-order chi connectivity index (χ0) is 19.5. The molecule has 7 heteroatoms. The van der Waals surface area contributed by atoms with Gasteiger partial charge in [-0.05, 0) is 50.6 Å². The van der Waals surface area contributed by atoms with E-state index < -0.39 is 0 Å². The Labute approximate surface area is 190 Å². The Morgan fingerprint density at radius 1 is 1.18 bits per heavy atom. The summed E-state index contributed by atoms with van der Waals surface area (Å²) in [6.45, 7) is 9.44. The van der Waals surface area contributed by atoms with Crippen LogP contribution in [0.15, 0.2) is 41.4 Å². The van der Waals surface area contributed by atoms with E-state index >= 15 is 0 Å². The molecule has 2 rings (SSSR count). The Bertz CT molecular complexity index is 703. The number of halogens is 1. The Hall–Kier alpha value is -1.32. The first-order chi connectivity index (χ1) is 13.1. The van der Waals surface area contributed by atoms with Crippen molar-refractivity contribution in [1.29, 1.82) is 0 Å². The van der Waals surface area contributed by atoms with Crippen LogP contribution in [0, 0.1) is 6.92 Å². The van der Waals surface area contributed by atoms with E-state index in [2.05, 4.69) is 73.1 Å². The minimum atomic E-state index is 0. The molecule has 5 nitrogen and oxygen atoms in total. The summed E-state index contributed by atoms with van der Waals surface area (Å²) in [6, 6.07) is 13.1. The first-order valence-corrected chi connectivity index (χ1v) is 10.3. The van der Waals surface area contributed by atoms with Gasteiger partial charge in [0.15, 0.2) is 5.96 Å². The summed E-state index contributed by atoms with van der Waals surface area (Å²) in [5, 5.41) is 10.2. The molecule has 1 unspecified atom stereocenters. The fourth-order valence-electron chi connectivity index (χ4n) is 2.70. The molecule has 0 aliphatic heterocycles. The van der Waals surface area contributed by atoms with Crippen LogP contribution in [0.4, 0.5) is 5.69 Å². The molecule has 0 radical (unpaired) electrons. The maximum Gasteiger partial charge on any atom is 0.191 e. The molecule has 0 aliphatic rings. The second kappa shape index (κ2) is 13.8. The van der Waals surface area contributed by atoms with Crippen LogP contribution in [0.2, 0.25) is 0 Å². The molecule has 28 heavy (non-hydrogen) atoms. The Morgan fingerprint density at radius 2 is 1.93 bits per heavy atom. The highest BCUT2D eigenvalue weighted by molar-refractivity contribution is 14.0. The molecule has 0 aliphatic carbocycles. The van der Waals surface area contributed by atoms with Gasteiger partial charge >= 0.3 is 0 Å². The number of thiophene rings is 1. The first-order valence-electron chi connectivity index (χ1n) is 9.52. The van der Waals surface area contributed by atoms with E-state index in [9.17, 15) is 0 Å². The van der Waals surface area contributed by atoms with Crippen LogP contribution in [0.5, 0.6) is 0 Å². The Balaban J connectivity index is 0.00000392. The van der Waals surface area contributed by atoms with E-state index in [-0.39, 0.29) is 24.0 Å². The summed E-state index contributed by atoms with van der Waals surface area (Å²) >= 11 is 1.86. The number of guanidine groups is 1. The van der Waals surface area contributed by atoms with Crippen molar-refractivity contribution < 1.29 is 4.74 Å². The number of hydrogen-bond donors (Lipinski definition) is 3. The van der Waals surface area contributed by atoms with Crippen molar-refractivity contribution in [2.24, 2.45) is 4.99 Å². The summed E-state index contributed by atoms with van der Waals surface area (Å²) in [4.78, 5) is 7.49. The van der Waals surface area contributed by atoms with E-state index in [1.54, 1.807) is 7.11 Å². The smallest absolute Gasteiger partial charge is 0.191 e. The van der Waals surface area contributed by atoms with Gasteiger partial charge in [-0.2, -0.15) is 0 Å². The standard InChI is InChI=1S/C21H32N4OS.HI/c1-5-22-21(25-16(2)14-20-11-6-17(3)27-20)24-15-18-7-9-19(10-8-18)23-12-13-26-4;/h6-11,16,23H,5,12-15H2,1-4H3,(H2,22,24,25);1H. The average molecular weight is 516 g/mol. The highest BCUT2D eigenvalue weighted by Crippen LogP contribution is 2.16. The molecular formula is C21H33IN4OS. The fraction of sp³-hybridized carbons (Fsp3) is 0.476. The number of benzene rings is 1. The van der Waals surface area contributed by atoms with Crippen LogP contribution in [-0.4, -0.2) is 38.8 Å². The number of ether oxygens (including phenoxy) is 1. The monoisotopic (exact) mass is 516 g/mol. The van der Waals surface area contributed by atoms with Crippen molar-refractivity contribution in [1.82, 2.24) is 10.6 Å². The lowest BCUT2D eigenvalue weighted by Crippen LogP contribution is -2.43. The molecule has 0 amide bonds. The zero-order valence-corrected chi connectivity index (χ0v) is 20.4. The van der Waals surface area contributed by atoms with E-state index in [0.717, 1.165) is 31.2 Å². The summed E-state index contributed by atoms with van der Waals surface area (Å²) in [5.41, 5.74) is 2.29. The van der Waals surface area contributed by atoms with Gasteiger partial charge in [0.05, 0.1) is 13.2 Å². The SMILES string of the molecule is CCNC(=NCc1ccc(NCCOC)cc1)NC(C)Cc1ccc(C)s1.I. The van der Waals surface area contributed by atoms with Gasteiger partial charge in [-0.25, -0.2) is 4.99 Å². The van der Waals surface area contributed by atoms with E-state index in [0.29, 0.717) is 19.2 Å². The second-order valence-electron chi connectivity index (χ2n) is 6.57. The number of rotatable bonds is 10. The molecule has 1 aromatic heterocycles. The number of aryl methyl sites for hydroxylation is 1. The third kappa shape index (κ3) is 9.25. The number of nitrogens with zero attached hydrogens (tertiary/aromatic N) is 1. The third-order valence-corrected chi connectivity index (χ3v) is 5.06. The molecule has 3 N–H and O–H groups in total. The van der Waals surface area contributed by atoms with Crippen molar-refractivity contribution in [2.45, 2.75) is 39.8 Å². The maximum absolute atomic E-state index is 5.05. The molecule has 0 saturated carbocycles. The molecule has 0 spiro atoms. The van der Waals surface area contributed by atoms with E-state index in [1.165, 1.54) is 15.3 Å². The van der Waals surface area contributed by atoms with Crippen molar-refractivity contribution in [3.63, 3.8) is 0 Å². The zero-order valence-electron chi connectivity index (χ0n) is 17.2. The van der Waals surface area contributed by atoms with Crippen LogP contribution in [-0.2, 0) is 17.7 Å². The van der Waals surface area contributed by atoms with Crippen LogP contribution < -0.4 is 16.0 Å². The van der Waals surface area contributed by atoms with Gasteiger partial charge in [0.2, 0.25) is 0 Å². The number of nitrogens with one attached hydrogen (secondary N) is 3. The highest BCUT2D eigenvalue weighted by atomic mass is 127. The molecule has 2 aromatic rings. The minimum Gasteiger partial charge on any atom is -0.383 e. The molecule has 1 aromatic carbocycles. The first kappa shape index (κ1) is 24.7. The summed E-state index contributed by atoms with van der Waals surface area (Å²) in [6.07, 6.45) is 1.00. The molecule has 0 saturated heterocycles. The van der Waals surface area contributed by atoms with Crippen molar-refractivity contribution in [3.05, 3.63) is 51.7 Å². The van der Waals surface area contributed by atoms with Crippen LogP contribution in [0.25, 0.3) is 0 Å². The van der Waals surface area contributed by atoms with Gasteiger partial charge in [0.25, 0.3) is 0 Å². The van der Waals surface area contributed by atoms with Crippen LogP contribution in [0.1, 0.15) is 29.2 Å². The van der Waals surface area contributed by atoms with Gasteiger partial charge in [0.1, 0.15) is 0 Å². The predicted octanol–water partition coefficient (Wildman–Crippen LogP) is 4.42. The number of methoxy groups -OCH3 is 1. The quantitative estimate of drug-likeness (QED) is 0.190. The largest absolute Gasteiger partial charge is 0.383 e. The average Bonchev–Trinajstić information content (AvgIpc) is 3.06. The third-order valence-electron chi connectivity index (χ3n) is 4.04. The Kier molecular flexibility index (Phi) is 12.2. The van der Waals surface area contributed by atoms with Gasteiger partial charge in [-0.15, -0.1) is 35.3 Å². The predicted molar refractivity (Wildman–Crippen MR) is 132 cm³/mol. The topological polar surface area (TPSA) is 57.7 Å². The molecule has 0 bridgehead atoms. The summed E-state index contributed by atoms with van der Waals surface area (Å²) < 4.78 is 5.05. The highest BCUT2D eigenvalue weighted by Gasteiger charge is 2.08. The van der Waals surface area contributed by atoms with Crippen molar-refractivity contribution in [3.8, 4) is 0 Å². The van der Waals surface area contributed by atoms with Crippen LogP contribution >= 0.6 is 35.3 Å². The summed E-state index contributed by atoms with van der Waals surface area (Å²) in [5.74, 6) is 0.862. The van der Waals surface area contributed by atoms with Gasteiger partial charge in [-0.3, -0.25) is 0 Å². The molecule has 1 atom stereocenters. The molecular weight excluding hydrogens is 483 g/mol. The molecule has 0 fully saturated rings. The lowest BCUT2D eigenvalue weighted by molar-refractivity contribution is 0.211. The van der Waals surface area contributed by atoms with E-state index in [1.807, 2.05) is 11.3 Å². The Morgan fingerprint density at radius 3 is 2.54 bits per heavy atom. The fourth-order valence-corrected chi connectivity index (χ4v) is 3.72. The van der Waals surface area contributed by atoms with E-state index in [4.69, 9.17) is 9.73 Å². The van der Waals surface area contributed by atoms with Crippen molar-refractivity contribution >= 4 is 47.0 Å². The number of anilines is 1. The number of aliphatic imine (C=N–C) groups is 1. The maximum atomic E-state index is 5.05. The summed E-state index contributed by atoms with van der Waals surface area (Å²) in [7, 11) is 1.71. The molecule has 1 heterocycles. The number of hydrogen-bond acceptors (Lipinski definition) is 4. The second-order valence-corrected chi connectivity index (χ2v) is 7.95. The van der Waals surface area contributed by atoms with Gasteiger partial charge < -0.3 is 20.7 Å². The molecule has 156 valence electrons. The minimum absolute atomic E-state index is 0. The lowest BCUT2D eigenvalue weighted by atomic mass is 10.2. The van der Waals surface area contributed by atoms with Gasteiger partial charge in [-0.1, -0.05) is 12.1 Å².